The van der Waals surface area contributed by atoms with E-state index in [9.17, 15) is 5.11 Å². The van der Waals surface area contributed by atoms with Crippen LogP contribution in [0.2, 0.25) is 0 Å². The van der Waals surface area contributed by atoms with Gasteiger partial charge in [0.05, 0.1) is 19.2 Å². The lowest BCUT2D eigenvalue weighted by Gasteiger charge is -2.22. The summed E-state index contributed by atoms with van der Waals surface area (Å²) in [4.78, 5) is 6.38. The van der Waals surface area contributed by atoms with E-state index in [0.29, 0.717) is 6.54 Å². The molecule has 1 unspecified atom stereocenters. The average molecular weight is 282 g/mol. The number of para-hydroxylation sites is 1. The van der Waals surface area contributed by atoms with Crippen molar-refractivity contribution in [1.82, 2.24) is 0 Å². The van der Waals surface area contributed by atoms with Crippen LogP contribution >= 0.6 is 0 Å². The number of benzene rings is 2. The van der Waals surface area contributed by atoms with Crippen LogP contribution in [0.15, 0.2) is 53.5 Å². The number of aliphatic hydroxyl groups is 1. The lowest BCUT2D eigenvalue weighted by molar-refractivity contribution is 0.202. The molecule has 0 fully saturated rings. The van der Waals surface area contributed by atoms with Crippen molar-refractivity contribution >= 4 is 11.5 Å². The Labute approximate surface area is 124 Å². The highest BCUT2D eigenvalue weighted by molar-refractivity contribution is 6.12. The Bertz CT molecular complexity index is 665. The van der Waals surface area contributed by atoms with Crippen LogP contribution < -0.4 is 9.64 Å². The summed E-state index contributed by atoms with van der Waals surface area (Å²) in [5.74, 6) is 1.49. The lowest BCUT2D eigenvalue weighted by Crippen LogP contribution is -2.30. The molecule has 0 saturated heterocycles. The summed E-state index contributed by atoms with van der Waals surface area (Å²) >= 11 is 0. The van der Waals surface area contributed by atoms with Gasteiger partial charge in [-0.15, -0.1) is 0 Å². The van der Waals surface area contributed by atoms with E-state index in [0.717, 1.165) is 22.8 Å². The first-order valence-corrected chi connectivity index (χ1v) is 6.92. The molecule has 1 aliphatic heterocycles. The highest BCUT2D eigenvalue weighted by Crippen LogP contribution is 2.27. The molecule has 0 aromatic heterocycles. The maximum Gasteiger partial charge on any atom is 0.165 e. The number of amidine groups is 1. The summed E-state index contributed by atoms with van der Waals surface area (Å²) in [6.07, 6.45) is -0.716. The molecule has 0 radical (unpaired) electrons. The van der Waals surface area contributed by atoms with Gasteiger partial charge in [0.2, 0.25) is 0 Å². The molecule has 4 heteroatoms. The van der Waals surface area contributed by atoms with E-state index in [2.05, 4.69) is 24.0 Å². The standard InChI is InChI=1S/C17H18N2O2/c1-12-7-9-13(10-8-12)19-11-16(20)18-17(19)14-5-3-4-6-15(14)21-2/h3-10,16,20H,11H2,1-2H3. The number of anilines is 1. The van der Waals surface area contributed by atoms with Gasteiger partial charge in [-0.3, -0.25) is 0 Å². The van der Waals surface area contributed by atoms with Gasteiger partial charge in [-0.2, -0.15) is 0 Å². The number of rotatable bonds is 3. The Hall–Kier alpha value is -2.33. The zero-order valence-corrected chi connectivity index (χ0v) is 12.2. The van der Waals surface area contributed by atoms with Crippen LogP contribution in [0.25, 0.3) is 0 Å². The number of aliphatic hydroxyl groups excluding tert-OH is 1. The van der Waals surface area contributed by atoms with E-state index < -0.39 is 6.23 Å². The highest BCUT2D eigenvalue weighted by Gasteiger charge is 2.27. The second-order valence-corrected chi connectivity index (χ2v) is 5.08. The van der Waals surface area contributed by atoms with Crippen molar-refractivity contribution in [2.75, 3.05) is 18.6 Å². The third-order valence-electron chi connectivity index (χ3n) is 3.57. The van der Waals surface area contributed by atoms with E-state index >= 15 is 0 Å². The normalized spacial score (nSPS) is 17.8. The summed E-state index contributed by atoms with van der Waals surface area (Å²) in [6, 6.07) is 15.9. The molecule has 4 nitrogen and oxygen atoms in total. The average Bonchev–Trinajstić information content (AvgIpc) is 2.89. The van der Waals surface area contributed by atoms with Crippen molar-refractivity contribution in [2.45, 2.75) is 13.2 Å². The van der Waals surface area contributed by atoms with E-state index in [1.807, 2.05) is 41.3 Å². The van der Waals surface area contributed by atoms with Crippen LogP contribution in [-0.4, -0.2) is 30.8 Å². The van der Waals surface area contributed by atoms with Crippen LogP contribution in [0.4, 0.5) is 5.69 Å². The van der Waals surface area contributed by atoms with Gasteiger partial charge in [0.15, 0.2) is 6.23 Å². The lowest BCUT2D eigenvalue weighted by atomic mass is 10.1. The van der Waals surface area contributed by atoms with Crippen LogP contribution in [-0.2, 0) is 0 Å². The molecule has 0 saturated carbocycles. The fourth-order valence-corrected chi connectivity index (χ4v) is 2.50. The molecule has 0 spiro atoms. The summed E-state index contributed by atoms with van der Waals surface area (Å²) in [5.41, 5.74) is 3.10. The first kappa shape index (κ1) is 13.6. The van der Waals surface area contributed by atoms with Crippen molar-refractivity contribution in [3.63, 3.8) is 0 Å². The van der Waals surface area contributed by atoms with Gasteiger partial charge in [0.1, 0.15) is 11.6 Å². The number of hydrogen-bond acceptors (Lipinski definition) is 4. The first-order valence-electron chi connectivity index (χ1n) is 6.92. The van der Waals surface area contributed by atoms with Gasteiger partial charge < -0.3 is 14.7 Å². The molecule has 3 rings (SSSR count). The molecule has 0 amide bonds. The summed E-state index contributed by atoms with van der Waals surface area (Å²) in [7, 11) is 1.64. The van der Waals surface area contributed by atoms with Gasteiger partial charge in [0.25, 0.3) is 0 Å². The number of methoxy groups -OCH3 is 1. The second kappa shape index (κ2) is 5.58. The smallest absolute Gasteiger partial charge is 0.165 e. The molecule has 1 aliphatic rings. The van der Waals surface area contributed by atoms with Crippen molar-refractivity contribution < 1.29 is 9.84 Å². The van der Waals surface area contributed by atoms with Gasteiger partial charge in [-0.25, -0.2) is 4.99 Å². The predicted octanol–water partition coefficient (Wildman–Crippen LogP) is 2.59. The third-order valence-corrected chi connectivity index (χ3v) is 3.57. The number of aliphatic imine (C=N–C) groups is 1. The van der Waals surface area contributed by atoms with Gasteiger partial charge in [-0.1, -0.05) is 29.8 Å². The number of ether oxygens (including phenoxy) is 1. The molecular formula is C17H18N2O2. The molecule has 2 aromatic carbocycles. The van der Waals surface area contributed by atoms with E-state index in [4.69, 9.17) is 4.74 Å². The molecule has 1 N–H and O–H groups in total. The minimum atomic E-state index is -0.716. The molecule has 108 valence electrons. The topological polar surface area (TPSA) is 45.1 Å². The molecular weight excluding hydrogens is 264 g/mol. The van der Waals surface area contributed by atoms with Gasteiger partial charge in [0, 0.05) is 5.69 Å². The van der Waals surface area contributed by atoms with Gasteiger partial charge >= 0.3 is 0 Å². The molecule has 0 aliphatic carbocycles. The maximum atomic E-state index is 9.94. The number of hydrogen-bond donors (Lipinski definition) is 1. The number of aryl methyl sites for hydroxylation is 1. The summed E-state index contributed by atoms with van der Waals surface area (Å²) in [6.45, 7) is 2.51. The highest BCUT2D eigenvalue weighted by atomic mass is 16.5. The summed E-state index contributed by atoms with van der Waals surface area (Å²) in [5, 5.41) is 9.94. The fourth-order valence-electron chi connectivity index (χ4n) is 2.50. The Morgan fingerprint density at radius 2 is 1.86 bits per heavy atom. The molecule has 0 bridgehead atoms. The minimum absolute atomic E-state index is 0.455. The number of β-amino-alcohol motifs (C(OH)–C–C–N with tert-alkyl or cyclic N) is 1. The molecule has 1 heterocycles. The third kappa shape index (κ3) is 2.62. The van der Waals surface area contributed by atoms with Crippen LogP contribution in [0, 0.1) is 6.92 Å². The summed E-state index contributed by atoms with van der Waals surface area (Å²) < 4.78 is 5.41. The van der Waals surface area contributed by atoms with Crippen molar-refractivity contribution in [2.24, 2.45) is 4.99 Å². The van der Waals surface area contributed by atoms with E-state index in [1.54, 1.807) is 7.11 Å². The van der Waals surface area contributed by atoms with Crippen molar-refractivity contribution in [3.8, 4) is 5.75 Å². The molecule has 2 aromatic rings. The predicted molar refractivity (Wildman–Crippen MR) is 84.1 cm³/mol. The Balaban J connectivity index is 2.02. The zero-order chi connectivity index (χ0) is 14.8. The zero-order valence-electron chi connectivity index (χ0n) is 12.2. The largest absolute Gasteiger partial charge is 0.496 e. The number of nitrogens with zero attached hydrogens (tertiary/aromatic N) is 2. The van der Waals surface area contributed by atoms with E-state index in [1.165, 1.54) is 5.56 Å². The minimum Gasteiger partial charge on any atom is -0.496 e. The SMILES string of the molecule is COc1ccccc1C1=NC(O)CN1c1ccc(C)cc1. The molecule has 1 atom stereocenters. The fraction of sp³-hybridized carbons (Fsp3) is 0.235. The van der Waals surface area contributed by atoms with Crippen LogP contribution in [0.3, 0.4) is 0 Å². The van der Waals surface area contributed by atoms with Crippen LogP contribution in [0.5, 0.6) is 5.75 Å². The van der Waals surface area contributed by atoms with Gasteiger partial charge in [-0.05, 0) is 31.2 Å². The Kier molecular flexibility index (Phi) is 3.62. The van der Waals surface area contributed by atoms with E-state index in [-0.39, 0.29) is 0 Å². The quantitative estimate of drug-likeness (QED) is 0.941. The van der Waals surface area contributed by atoms with Crippen molar-refractivity contribution in [3.05, 3.63) is 59.7 Å². The Morgan fingerprint density at radius 3 is 2.57 bits per heavy atom. The Morgan fingerprint density at radius 1 is 1.14 bits per heavy atom. The molecule has 21 heavy (non-hydrogen) atoms. The maximum absolute atomic E-state index is 9.94. The van der Waals surface area contributed by atoms with Crippen LogP contribution in [0.1, 0.15) is 11.1 Å². The monoisotopic (exact) mass is 282 g/mol. The second-order valence-electron chi connectivity index (χ2n) is 5.08. The van der Waals surface area contributed by atoms with Crippen molar-refractivity contribution in [1.29, 1.82) is 0 Å². The first-order chi connectivity index (χ1) is 10.2.